The van der Waals surface area contributed by atoms with E-state index >= 15 is 0 Å². The summed E-state index contributed by atoms with van der Waals surface area (Å²) >= 11 is 0. The van der Waals surface area contributed by atoms with Crippen LogP contribution in [0.3, 0.4) is 0 Å². The van der Waals surface area contributed by atoms with Crippen molar-refractivity contribution in [2.75, 3.05) is 38.3 Å². The Morgan fingerprint density at radius 3 is 2.44 bits per heavy atom. The molecule has 0 saturated carbocycles. The second-order valence-electron chi connectivity index (χ2n) is 4.73. The summed E-state index contributed by atoms with van der Waals surface area (Å²) in [5.41, 5.74) is 1.16. The topological polar surface area (TPSA) is 30.5 Å². The van der Waals surface area contributed by atoms with E-state index in [4.69, 9.17) is 9.47 Å². The van der Waals surface area contributed by atoms with Crippen molar-refractivity contribution in [3.63, 3.8) is 0 Å². The van der Waals surface area contributed by atoms with Gasteiger partial charge in [0, 0.05) is 25.4 Å². The fourth-order valence-corrected chi connectivity index (χ4v) is 1.50. The van der Waals surface area contributed by atoms with Crippen molar-refractivity contribution >= 4 is 5.69 Å². The second-order valence-corrected chi connectivity index (χ2v) is 4.73. The van der Waals surface area contributed by atoms with Crippen LogP contribution in [0.5, 0.6) is 0 Å². The Kier molecular flexibility index (Phi) is 8.26. The number of nitrogens with one attached hydrogen (secondary N) is 1. The molecule has 0 aliphatic carbocycles. The molecule has 102 valence electrons. The molecule has 1 aromatic rings. The zero-order chi connectivity index (χ0) is 13.1. The minimum absolute atomic E-state index is 0.597. The van der Waals surface area contributed by atoms with Crippen LogP contribution in [-0.4, -0.2) is 33.0 Å². The molecular weight excluding hydrogens is 226 g/mol. The largest absolute Gasteiger partial charge is 0.385 e. The number of hydrogen-bond donors (Lipinski definition) is 1. The van der Waals surface area contributed by atoms with Crippen LogP contribution in [0.4, 0.5) is 5.69 Å². The number of anilines is 1. The molecule has 0 bridgehead atoms. The summed E-state index contributed by atoms with van der Waals surface area (Å²) in [6, 6.07) is 10.2. The van der Waals surface area contributed by atoms with Gasteiger partial charge in [-0.25, -0.2) is 0 Å². The fourth-order valence-electron chi connectivity index (χ4n) is 1.50. The third-order valence-electron chi connectivity index (χ3n) is 2.39. The van der Waals surface area contributed by atoms with Crippen LogP contribution in [0, 0.1) is 5.92 Å². The maximum atomic E-state index is 5.49. The monoisotopic (exact) mass is 251 g/mol. The highest BCUT2D eigenvalue weighted by Gasteiger charge is 1.94. The van der Waals surface area contributed by atoms with Gasteiger partial charge >= 0.3 is 0 Å². The van der Waals surface area contributed by atoms with Crippen LogP contribution in [0.25, 0.3) is 0 Å². The van der Waals surface area contributed by atoms with Gasteiger partial charge in [-0.3, -0.25) is 0 Å². The molecule has 0 heterocycles. The van der Waals surface area contributed by atoms with Gasteiger partial charge in [-0.05, 0) is 24.5 Å². The quantitative estimate of drug-likeness (QED) is 0.648. The SMILES string of the molecule is CC(C)COCCOCCCNc1ccccc1. The molecule has 18 heavy (non-hydrogen) atoms. The third kappa shape index (κ3) is 8.09. The summed E-state index contributed by atoms with van der Waals surface area (Å²) in [5.74, 6) is 0.597. The Morgan fingerprint density at radius 2 is 1.72 bits per heavy atom. The molecule has 1 rings (SSSR count). The molecule has 0 fully saturated rings. The normalized spacial score (nSPS) is 10.8. The molecule has 0 amide bonds. The van der Waals surface area contributed by atoms with Crippen molar-refractivity contribution < 1.29 is 9.47 Å². The summed E-state index contributed by atoms with van der Waals surface area (Å²) in [6.45, 7) is 8.23. The van der Waals surface area contributed by atoms with Crippen molar-refractivity contribution in [2.45, 2.75) is 20.3 Å². The fraction of sp³-hybridized carbons (Fsp3) is 0.600. The van der Waals surface area contributed by atoms with Crippen LogP contribution in [0.2, 0.25) is 0 Å². The Balaban J connectivity index is 1.84. The highest BCUT2D eigenvalue weighted by Crippen LogP contribution is 2.04. The second kappa shape index (κ2) is 9.92. The van der Waals surface area contributed by atoms with Gasteiger partial charge in [0.15, 0.2) is 0 Å². The summed E-state index contributed by atoms with van der Waals surface area (Å²) in [4.78, 5) is 0. The highest BCUT2D eigenvalue weighted by atomic mass is 16.5. The average molecular weight is 251 g/mol. The Labute approximate surface area is 110 Å². The van der Waals surface area contributed by atoms with Gasteiger partial charge in [-0.15, -0.1) is 0 Å². The average Bonchev–Trinajstić information content (AvgIpc) is 2.37. The number of ether oxygens (including phenoxy) is 2. The van der Waals surface area contributed by atoms with Crippen molar-refractivity contribution in [3.05, 3.63) is 30.3 Å². The van der Waals surface area contributed by atoms with E-state index in [9.17, 15) is 0 Å². The zero-order valence-corrected chi connectivity index (χ0v) is 11.5. The molecule has 0 saturated heterocycles. The first-order chi connectivity index (χ1) is 8.79. The molecule has 1 aromatic carbocycles. The van der Waals surface area contributed by atoms with Crippen LogP contribution in [-0.2, 0) is 9.47 Å². The van der Waals surface area contributed by atoms with Gasteiger partial charge in [0.1, 0.15) is 0 Å². The van der Waals surface area contributed by atoms with Gasteiger partial charge in [0.25, 0.3) is 0 Å². The Hall–Kier alpha value is -1.06. The lowest BCUT2D eigenvalue weighted by atomic mass is 10.2. The predicted molar refractivity (Wildman–Crippen MR) is 76.0 cm³/mol. The first-order valence-corrected chi connectivity index (χ1v) is 6.73. The maximum absolute atomic E-state index is 5.49. The van der Waals surface area contributed by atoms with Crippen molar-refractivity contribution in [1.82, 2.24) is 0 Å². The Bertz CT molecular complexity index is 288. The zero-order valence-electron chi connectivity index (χ0n) is 11.5. The van der Waals surface area contributed by atoms with E-state index < -0.39 is 0 Å². The van der Waals surface area contributed by atoms with Gasteiger partial charge in [-0.1, -0.05) is 32.0 Å². The summed E-state index contributed by atoms with van der Waals surface area (Å²) in [7, 11) is 0. The molecule has 0 spiro atoms. The molecule has 0 aromatic heterocycles. The van der Waals surface area contributed by atoms with Gasteiger partial charge in [0.05, 0.1) is 13.2 Å². The highest BCUT2D eigenvalue weighted by molar-refractivity contribution is 5.42. The van der Waals surface area contributed by atoms with E-state index in [0.29, 0.717) is 19.1 Å². The van der Waals surface area contributed by atoms with Crippen LogP contribution >= 0.6 is 0 Å². The van der Waals surface area contributed by atoms with Crippen molar-refractivity contribution in [1.29, 1.82) is 0 Å². The van der Waals surface area contributed by atoms with E-state index in [1.807, 2.05) is 18.2 Å². The number of rotatable bonds is 10. The van der Waals surface area contributed by atoms with Crippen LogP contribution in [0.1, 0.15) is 20.3 Å². The smallest absolute Gasteiger partial charge is 0.0700 e. The summed E-state index contributed by atoms with van der Waals surface area (Å²) in [6.07, 6.45) is 1.01. The molecule has 0 aliphatic rings. The first kappa shape index (κ1) is 15.0. The summed E-state index contributed by atoms with van der Waals surface area (Å²) < 4.78 is 10.9. The van der Waals surface area contributed by atoms with E-state index in [1.165, 1.54) is 0 Å². The predicted octanol–water partition coefficient (Wildman–Crippen LogP) is 3.18. The number of para-hydroxylation sites is 1. The number of benzene rings is 1. The minimum Gasteiger partial charge on any atom is -0.385 e. The van der Waals surface area contributed by atoms with Gasteiger partial charge in [-0.2, -0.15) is 0 Å². The Morgan fingerprint density at radius 1 is 1.00 bits per heavy atom. The molecule has 3 nitrogen and oxygen atoms in total. The molecular formula is C15H25NO2. The molecule has 1 N–H and O–H groups in total. The molecule has 0 atom stereocenters. The minimum atomic E-state index is 0.597. The van der Waals surface area contributed by atoms with E-state index in [-0.39, 0.29) is 0 Å². The molecule has 0 aliphatic heterocycles. The maximum Gasteiger partial charge on any atom is 0.0700 e. The molecule has 0 unspecified atom stereocenters. The number of hydrogen-bond acceptors (Lipinski definition) is 3. The third-order valence-corrected chi connectivity index (χ3v) is 2.39. The van der Waals surface area contributed by atoms with E-state index in [1.54, 1.807) is 0 Å². The van der Waals surface area contributed by atoms with E-state index in [2.05, 4.69) is 31.3 Å². The lowest BCUT2D eigenvalue weighted by Gasteiger charge is -2.08. The molecule has 0 radical (unpaired) electrons. The van der Waals surface area contributed by atoms with Gasteiger partial charge in [0.2, 0.25) is 0 Å². The van der Waals surface area contributed by atoms with Gasteiger partial charge < -0.3 is 14.8 Å². The van der Waals surface area contributed by atoms with Crippen molar-refractivity contribution in [2.24, 2.45) is 5.92 Å². The lowest BCUT2D eigenvalue weighted by Crippen LogP contribution is -2.11. The lowest BCUT2D eigenvalue weighted by molar-refractivity contribution is 0.0377. The first-order valence-electron chi connectivity index (χ1n) is 6.73. The van der Waals surface area contributed by atoms with Crippen LogP contribution < -0.4 is 5.32 Å². The van der Waals surface area contributed by atoms with E-state index in [0.717, 1.165) is 31.9 Å². The van der Waals surface area contributed by atoms with Crippen molar-refractivity contribution in [3.8, 4) is 0 Å². The molecule has 3 heteroatoms. The summed E-state index contributed by atoms with van der Waals surface area (Å²) in [5, 5.41) is 3.35. The standard InChI is InChI=1S/C15H25NO2/c1-14(2)13-18-12-11-17-10-6-9-16-15-7-4-3-5-8-15/h3-5,7-8,14,16H,6,9-13H2,1-2H3. The van der Waals surface area contributed by atoms with Crippen LogP contribution in [0.15, 0.2) is 30.3 Å².